The first-order valence-electron chi connectivity index (χ1n) is 5.61. The predicted molar refractivity (Wildman–Crippen MR) is 63.4 cm³/mol. The van der Waals surface area contributed by atoms with E-state index in [1.54, 1.807) is 0 Å². The Morgan fingerprint density at radius 1 is 1.19 bits per heavy atom. The minimum atomic E-state index is 0. The Bertz CT molecular complexity index is 271. The first kappa shape index (κ1) is 15.6. The minimum Gasteiger partial charge on any atom is -0.378 e. The van der Waals surface area contributed by atoms with Crippen LogP contribution in [0.15, 0.2) is 18.3 Å². The Hall–Kier alpha value is -0.402. The van der Waals surface area contributed by atoms with Gasteiger partial charge >= 0.3 is 0 Å². The Balaban J connectivity index is 0.000000711. The smallest absolute Gasteiger partial charge is 0.128 e. The van der Waals surface area contributed by atoms with Gasteiger partial charge in [0.1, 0.15) is 5.82 Å². The summed E-state index contributed by atoms with van der Waals surface area (Å²) in [5.41, 5.74) is 1.21. The molecule has 1 aliphatic heterocycles. The van der Waals surface area contributed by atoms with Crippen LogP contribution in [-0.4, -0.2) is 31.3 Å². The Labute approximate surface area is 112 Å². The molecule has 1 saturated heterocycles. The van der Waals surface area contributed by atoms with Crippen LogP contribution in [0.4, 0.5) is 5.82 Å². The standard InChI is InChI=1S/C10H14N2O.C2H6.W/c1-9-2-3-10(11-8-9)12-4-6-13-7-5-12;1-2;/h2-3,8H,4-7H2,1H3;1-2H3;. The van der Waals surface area contributed by atoms with Crippen LogP contribution in [-0.2, 0) is 25.8 Å². The summed E-state index contributed by atoms with van der Waals surface area (Å²) < 4.78 is 5.28. The van der Waals surface area contributed by atoms with Gasteiger partial charge in [0.2, 0.25) is 0 Å². The average Bonchev–Trinajstić information content (AvgIpc) is 2.34. The van der Waals surface area contributed by atoms with Crippen molar-refractivity contribution in [1.29, 1.82) is 0 Å². The molecule has 0 amide bonds. The molecule has 1 aliphatic rings. The maximum Gasteiger partial charge on any atom is 0.128 e. The molecular formula is C12H20N2OW. The van der Waals surface area contributed by atoms with Crippen LogP contribution in [0.5, 0.6) is 0 Å². The molecule has 1 aromatic rings. The van der Waals surface area contributed by atoms with Crippen molar-refractivity contribution >= 4 is 5.82 Å². The number of morpholine rings is 1. The van der Waals surface area contributed by atoms with E-state index < -0.39 is 0 Å². The fraction of sp³-hybridized carbons (Fsp3) is 0.583. The van der Waals surface area contributed by atoms with Crippen molar-refractivity contribution in [1.82, 2.24) is 4.98 Å². The van der Waals surface area contributed by atoms with E-state index in [4.69, 9.17) is 4.74 Å². The molecule has 16 heavy (non-hydrogen) atoms. The van der Waals surface area contributed by atoms with Crippen molar-refractivity contribution in [2.75, 3.05) is 31.2 Å². The molecule has 1 aromatic heterocycles. The van der Waals surface area contributed by atoms with E-state index in [0.29, 0.717) is 0 Å². The molecule has 1 fully saturated rings. The number of pyridine rings is 1. The van der Waals surface area contributed by atoms with E-state index in [1.807, 2.05) is 20.0 Å². The summed E-state index contributed by atoms with van der Waals surface area (Å²) in [4.78, 5) is 6.63. The maximum atomic E-state index is 5.28. The zero-order chi connectivity index (χ0) is 11.1. The Morgan fingerprint density at radius 2 is 1.81 bits per heavy atom. The van der Waals surface area contributed by atoms with Gasteiger partial charge in [0.25, 0.3) is 0 Å². The number of nitrogens with zero attached hydrogens (tertiary/aromatic N) is 2. The van der Waals surface area contributed by atoms with Gasteiger partial charge in [-0.05, 0) is 18.6 Å². The van der Waals surface area contributed by atoms with Crippen LogP contribution in [0, 0.1) is 6.92 Å². The monoisotopic (exact) mass is 392 g/mol. The Kier molecular flexibility index (Phi) is 8.50. The summed E-state index contributed by atoms with van der Waals surface area (Å²) in [6.07, 6.45) is 1.91. The third kappa shape index (κ3) is 4.63. The minimum absolute atomic E-state index is 0. The fourth-order valence-electron chi connectivity index (χ4n) is 1.44. The van der Waals surface area contributed by atoms with Gasteiger partial charge in [0, 0.05) is 40.4 Å². The molecule has 2 rings (SSSR count). The first-order valence-corrected chi connectivity index (χ1v) is 5.61. The number of hydrogen-bond acceptors (Lipinski definition) is 3. The summed E-state index contributed by atoms with van der Waals surface area (Å²) in [6.45, 7) is 9.59. The summed E-state index contributed by atoms with van der Waals surface area (Å²) in [5, 5.41) is 0. The number of aryl methyl sites for hydroxylation is 1. The Morgan fingerprint density at radius 3 is 2.31 bits per heavy atom. The number of anilines is 1. The van der Waals surface area contributed by atoms with E-state index >= 15 is 0 Å². The van der Waals surface area contributed by atoms with Gasteiger partial charge in [-0.15, -0.1) is 0 Å². The molecule has 0 radical (unpaired) electrons. The largest absolute Gasteiger partial charge is 0.378 e. The molecule has 4 heteroatoms. The van der Waals surface area contributed by atoms with Crippen molar-refractivity contribution in [2.45, 2.75) is 20.8 Å². The molecule has 2 heterocycles. The third-order valence-electron chi connectivity index (χ3n) is 2.23. The number of rotatable bonds is 1. The molecule has 0 aromatic carbocycles. The molecule has 90 valence electrons. The summed E-state index contributed by atoms with van der Waals surface area (Å²) in [5.74, 6) is 1.06. The molecule has 0 atom stereocenters. The topological polar surface area (TPSA) is 25.4 Å². The summed E-state index contributed by atoms with van der Waals surface area (Å²) in [7, 11) is 0. The number of ether oxygens (including phenoxy) is 1. The second kappa shape index (κ2) is 8.72. The van der Waals surface area contributed by atoms with Crippen molar-refractivity contribution in [2.24, 2.45) is 0 Å². The second-order valence-electron chi connectivity index (χ2n) is 3.29. The molecule has 3 nitrogen and oxygen atoms in total. The molecule has 0 aliphatic carbocycles. The van der Waals surface area contributed by atoms with Gasteiger partial charge in [-0.2, -0.15) is 0 Å². The van der Waals surface area contributed by atoms with Crippen molar-refractivity contribution in [3.05, 3.63) is 23.9 Å². The van der Waals surface area contributed by atoms with E-state index in [1.165, 1.54) is 5.56 Å². The molecule has 0 unspecified atom stereocenters. The molecular weight excluding hydrogens is 372 g/mol. The van der Waals surface area contributed by atoms with Gasteiger partial charge in [-0.25, -0.2) is 4.98 Å². The third-order valence-corrected chi connectivity index (χ3v) is 2.23. The van der Waals surface area contributed by atoms with E-state index in [2.05, 4.69) is 28.9 Å². The predicted octanol–water partition coefficient (Wildman–Crippen LogP) is 2.25. The van der Waals surface area contributed by atoms with Crippen LogP contribution in [0.25, 0.3) is 0 Å². The van der Waals surface area contributed by atoms with Crippen molar-refractivity contribution in [3.63, 3.8) is 0 Å². The van der Waals surface area contributed by atoms with Crippen LogP contribution >= 0.6 is 0 Å². The van der Waals surface area contributed by atoms with Crippen LogP contribution in [0.2, 0.25) is 0 Å². The van der Waals surface area contributed by atoms with E-state index in [0.717, 1.165) is 32.1 Å². The first-order chi connectivity index (χ1) is 7.36. The van der Waals surface area contributed by atoms with Crippen molar-refractivity contribution < 1.29 is 25.8 Å². The van der Waals surface area contributed by atoms with Gasteiger partial charge in [0.05, 0.1) is 13.2 Å². The van der Waals surface area contributed by atoms with Gasteiger partial charge in [0.15, 0.2) is 0 Å². The zero-order valence-corrected chi connectivity index (χ0v) is 13.2. The van der Waals surface area contributed by atoms with Crippen LogP contribution < -0.4 is 4.90 Å². The van der Waals surface area contributed by atoms with E-state index in [-0.39, 0.29) is 21.1 Å². The maximum absolute atomic E-state index is 5.28. The fourth-order valence-corrected chi connectivity index (χ4v) is 1.44. The van der Waals surface area contributed by atoms with Crippen molar-refractivity contribution in [3.8, 4) is 0 Å². The molecule has 0 spiro atoms. The second-order valence-corrected chi connectivity index (χ2v) is 3.29. The van der Waals surface area contributed by atoms with Crippen LogP contribution in [0.1, 0.15) is 19.4 Å². The SMILES string of the molecule is CC.Cc1ccc(N2CCOCC2)nc1.[W]. The average molecular weight is 392 g/mol. The van der Waals surface area contributed by atoms with Gasteiger partial charge in [-0.1, -0.05) is 19.9 Å². The molecule has 0 N–H and O–H groups in total. The normalized spacial score (nSPS) is 14.6. The van der Waals surface area contributed by atoms with Crippen LogP contribution in [0.3, 0.4) is 0 Å². The summed E-state index contributed by atoms with van der Waals surface area (Å²) in [6, 6.07) is 4.17. The zero-order valence-electron chi connectivity index (χ0n) is 10.3. The summed E-state index contributed by atoms with van der Waals surface area (Å²) >= 11 is 0. The quantitative estimate of drug-likeness (QED) is 0.734. The van der Waals surface area contributed by atoms with Gasteiger partial charge in [-0.3, -0.25) is 0 Å². The van der Waals surface area contributed by atoms with Gasteiger partial charge < -0.3 is 9.64 Å². The number of aromatic nitrogens is 1. The number of hydrogen-bond donors (Lipinski definition) is 0. The molecule has 0 saturated carbocycles. The van der Waals surface area contributed by atoms with E-state index in [9.17, 15) is 0 Å². The molecule has 0 bridgehead atoms.